The number of aryl methyl sites for hydroxylation is 1. The second-order valence-corrected chi connectivity index (χ2v) is 3.64. The van der Waals surface area contributed by atoms with Crippen LogP contribution in [0.3, 0.4) is 0 Å². The van der Waals surface area contributed by atoms with E-state index >= 15 is 0 Å². The summed E-state index contributed by atoms with van der Waals surface area (Å²) in [4.78, 5) is 21.4. The van der Waals surface area contributed by atoms with Crippen molar-refractivity contribution >= 4 is 11.7 Å². The predicted octanol–water partition coefficient (Wildman–Crippen LogP) is 2.40. The van der Waals surface area contributed by atoms with Crippen LogP contribution in [0.1, 0.15) is 12.5 Å². The van der Waals surface area contributed by atoms with E-state index in [0.29, 0.717) is 12.2 Å². The number of hydrogen-bond donors (Lipinski definition) is 0. The summed E-state index contributed by atoms with van der Waals surface area (Å²) in [6.45, 7) is 3.70. The molecule has 0 N–H and O–H groups in total. The van der Waals surface area contributed by atoms with Crippen LogP contribution in [-0.2, 0) is 9.53 Å². The van der Waals surface area contributed by atoms with E-state index in [1.54, 1.807) is 26.0 Å². The number of hydrogen-bond acceptors (Lipinski definition) is 5. The maximum Gasteiger partial charge on any atom is 0.330 e. The first-order valence-corrected chi connectivity index (χ1v) is 5.76. The van der Waals surface area contributed by atoms with E-state index in [2.05, 4.69) is 4.74 Å². The molecule has 1 aromatic carbocycles. The monoisotopic (exact) mass is 265 g/mol. The lowest BCUT2D eigenvalue weighted by atomic mass is 10.2. The molecule has 0 aromatic heterocycles. The summed E-state index contributed by atoms with van der Waals surface area (Å²) >= 11 is 0. The van der Waals surface area contributed by atoms with Crippen LogP contribution in [0.25, 0.3) is 0 Å². The normalized spacial score (nSPS) is 10.4. The summed E-state index contributed by atoms with van der Waals surface area (Å²) in [5.74, 6) is -0.289. The van der Waals surface area contributed by atoms with Gasteiger partial charge in [0.15, 0.2) is 5.75 Å². The van der Waals surface area contributed by atoms with Gasteiger partial charge >= 0.3 is 11.7 Å². The molecular formula is C13H15NO5. The Kier molecular flexibility index (Phi) is 5.53. The van der Waals surface area contributed by atoms with Crippen molar-refractivity contribution in [3.8, 4) is 5.75 Å². The van der Waals surface area contributed by atoms with Gasteiger partial charge in [-0.2, -0.15) is 0 Å². The number of ether oxygens (including phenoxy) is 2. The largest absolute Gasteiger partial charge is 0.483 e. The van der Waals surface area contributed by atoms with Crippen LogP contribution in [0.2, 0.25) is 0 Å². The lowest BCUT2D eigenvalue weighted by Crippen LogP contribution is -2.02. The van der Waals surface area contributed by atoms with E-state index in [1.165, 1.54) is 18.2 Å². The Morgan fingerprint density at radius 1 is 1.47 bits per heavy atom. The molecule has 102 valence electrons. The highest BCUT2D eigenvalue weighted by Gasteiger charge is 2.17. The molecule has 1 rings (SSSR count). The Hall–Kier alpha value is -2.37. The van der Waals surface area contributed by atoms with Crippen molar-refractivity contribution in [2.45, 2.75) is 13.8 Å². The Morgan fingerprint density at radius 2 is 2.21 bits per heavy atom. The van der Waals surface area contributed by atoms with Crippen molar-refractivity contribution < 1.29 is 19.2 Å². The Labute approximate surface area is 110 Å². The van der Waals surface area contributed by atoms with E-state index in [9.17, 15) is 14.9 Å². The molecule has 0 atom stereocenters. The molecule has 6 heteroatoms. The third-order valence-corrected chi connectivity index (χ3v) is 2.26. The van der Waals surface area contributed by atoms with Crippen LogP contribution in [0, 0.1) is 17.0 Å². The van der Waals surface area contributed by atoms with Crippen molar-refractivity contribution in [1.82, 2.24) is 0 Å². The maximum absolute atomic E-state index is 11.0. The Morgan fingerprint density at radius 3 is 2.84 bits per heavy atom. The second-order valence-electron chi connectivity index (χ2n) is 3.64. The van der Waals surface area contributed by atoms with Gasteiger partial charge in [-0.3, -0.25) is 10.1 Å². The number of nitro groups is 1. The number of benzene rings is 1. The highest BCUT2D eigenvalue weighted by molar-refractivity contribution is 5.81. The molecule has 0 fully saturated rings. The number of carbonyl (C=O) groups is 1. The average Bonchev–Trinajstić information content (AvgIpc) is 2.34. The van der Waals surface area contributed by atoms with E-state index in [4.69, 9.17) is 4.74 Å². The first kappa shape index (κ1) is 14.7. The zero-order chi connectivity index (χ0) is 14.3. The fourth-order valence-corrected chi connectivity index (χ4v) is 1.46. The predicted molar refractivity (Wildman–Crippen MR) is 69.1 cm³/mol. The number of carbonyl (C=O) groups excluding carboxylic acids is 1. The minimum absolute atomic E-state index is 0.0586. The van der Waals surface area contributed by atoms with Gasteiger partial charge in [-0.05, 0) is 26.0 Å². The molecule has 0 saturated carbocycles. The third-order valence-electron chi connectivity index (χ3n) is 2.26. The third kappa shape index (κ3) is 4.42. The van der Waals surface area contributed by atoms with Gasteiger partial charge in [0, 0.05) is 11.6 Å². The van der Waals surface area contributed by atoms with Gasteiger partial charge < -0.3 is 9.47 Å². The summed E-state index contributed by atoms with van der Waals surface area (Å²) < 4.78 is 9.96. The smallest absolute Gasteiger partial charge is 0.330 e. The van der Waals surface area contributed by atoms with Gasteiger partial charge in [0.1, 0.15) is 6.61 Å². The van der Waals surface area contributed by atoms with E-state index in [0.717, 1.165) is 0 Å². The molecule has 6 nitrogen and oxygen atoms in total. The van der Waals surface area contributed by atoms with E-state index < -0.39 is 10.9 Å². The molecule has 0 aliphatic carbocycles. The lowest BCUT2D eigenvalue weighted by molar-refractivity contribution is -0.386. The highest BCUT2D eigenvalue weighted by Crippen LogP contribution is 2.29. The molecule has 0 aliphatic rings. The summed E-state index contributed by atoms with van der Waals surface area (Å²) in [6, 6.07) is 4.83. The van der Waals surface area contributed by atoms with Crippen LogP contribution < -0.4 is 4.74 Å². The SMILES string of the molecule is CCOC(=O)/C=C/COc1cccc(C)c1[N+](=O)[O-]. The fourth-order valence-electron chi connectivity index (χ4n) is 1.46. The molecule has 0 aliphatic heterocycles. The zero-order valence-corrected chi connectivity index (χ0v) is 10.8. The molecule has 0 bridgehead atoms. The molecule has 19 heavy (non-hydrogen) atoms. The van der Waals surface area contributed by atoms with E-state index in [1.807, 2.05) is 0 Å². The van der Waals surface area contributed by atoms with Crippen molar-refractivity contribution in [3.05, 3.63) is 46.0 Å². The van der Waals surface area contributed by atoms with Gasteiger partial charge in [0.05, 0.1) is 11.5 Å². The van der Waals surface area contributed by atoms with Crippen molar-refractivity contribution in [2.75, 3.05) is 13.2 Å². The number of rotatable bonds is 6. The van der Waals surface area contributed by atoms with Crippen LogP contribution in [0.15, 0.2) is 30.4 Å². The van der Waals surface area contributed by atoms with Crippen LogP contribution in [0.5, 0.6) is 5.75 Å². The molecule has 0 unspecified atom stereocenters. The average molecular weight is 265 g/mol. The minimum atomic E-state index is -0.486. The molecule has 0 radical (unpaired) electrons. The first-order chi connectivity index (χ1) is 9.06. The molecule has 0 spiro atoms. The van der Waals surface area contributed by atoms with Gasteiger partial charge in [-0.25, -0.2) is 4.79 Å². The molecule has 1 aromatic rings. The summed E-state index contributed by atoms with van der Waals surface area (Å²) in [5.41, 5.74) is 0.462. The quantitative estimate of drug-likeness (QED) is 0.341. The van der Waals surface area contributed by atoms with Gasteiger partial charge in [-0.15, -0.1) is 0 Å². The number of nitro benzene ring substituents is 1. The highest BCUT2D eigenvalue weighted by atomic mass is 16.6. The van der Waals surface area contributed by atoms with Crippen molar-refractivity contribution in [1.29, 1.82) is 0 Å². The van der Waals surface area contributed by atoms with Crippen LogP contribution in [-0.4, -0.2) is 24.1 Å². The van der Waals surface area contributed by atoms with Gasteiger partial charge in [0.2, 0.25) is 0 Å². The number of para-hydroxylation sites is 1. The second kappa shape index (κ2) is 7.15. The minimum Gasteiger partial charge on any atom is -0.483 e. The molecule has 0 saturated heterocycles. The Balaban J connectivity index is 2.66. The molecular weight excluding hydrogens is 250 g/mol. The lowest BCUT2D eigenvalue weighted by Gasteiger charge is -2.05. The summed E-state index contributed by atoms with van der Waals surface area (Å²) in [5, 5.41) is 10.9. The Bertz CT molecular complexity index is 496. The summed E-state index contributed by atoms with van der Waals surface area (Å²) in [7, 11) is 0. The molecule has 0 heterocycles. The van der Waals surface area contributed by atoms with Crippen LogP contribution >= 0.6 is 0 Å². The van der Waals surface area contributed by atoms with E-state index in [-0.39, 0.29) is 18.0 Å². The van der Waals surface area contributed by atoms with Gasteiger partial charge in [-0.1, -0.05) is 12.1 Å². The standard InChI is InChI=1S/C13H15NO5/c1-3-18-12(15)8-5-9-19-11-7-4-6-10(2)13(11)14(16)17/h4-8H,3,9H2,1-2H3/b8-5+. The zero-order valence-electron chi connectivity index (χ0n) is 10.8. The number of esters is 1. The van der Waals surface area contributed by atoms with Crippen LogP contribution in [0.4, 0.5) is 5.69 Å². The molecule has 0 amide bonds. The topological polar surface area (TPSA) is 78.7 Å². The summed E-state index contributed by atoms with van der Waals surface area (Å²) in [6.07, 6.45) is 2.68. The van der Waals surface area contributed by atoms with Crippen molar-refractivity contribution in [2.24, 2.45) is 0 Å². The van der Waals surface area contributed by atoms with Crippen molar-refractivity contribution in [3.63, 3.8) is 0 Å². The first-order valence-electron chi connectivity index (χ1n) is 5.76. The fraction of sp³-hybridized carbons (Fsp3) is 0.308. The van der Waals surface area contributed by atoms with Gasteiger partial charge in [0.25, 0.3) is 0 Å². The maximum atomic E-state index is 11.0. The number of nitrogens with zero attached hydrogens (tertiary/aromatic N) is 1.